The van der Waals surface area contributed by atoms with E-state index in [1.807, 2.05) is 0 Å². The second kappa shape index (κ2) is 8.97. The van der Waals surface area contributed by atoms with E-state index in [4.69, 9.17) is 4.42 Å². The number of fused-ring (bicyclic) bond motifs is 2. The number of nitrogens with zero attached hydrogens (tertiary/aromatic N) is 3. The predicted molar refractivity (Wildman–Crippen MR) is 125 cm³/mol. The number of alkyl halides is 1. The van der Waals surface area contributed by atoms with E-state index in [1.165, 1.54) is 16.8 Å². The van der Waals surface area contributed by atoms with Gasteiger partial charge in [-0.05, 0) is 56.2 Å². The standard InChI is InChI=1S/C24H25FN6O4/c1-24(25)7-4-14(5-8-24)12-27-22(33)18-11-17(29-20-6-9-28-31(18)20)21(32)26-13-15-2-3-19-16(10-15)30-23(34)35-19/h2-3,6,9-11,14H,4-5,7-8,12-13H2,1H3,(H,26,32)(H,27,33)(H,30,34). The molecule has 0 aliphatic heterocycles. The Morgan fingerprint density at radius 1 is 1.20 bits per heavy atom. The second-order valence-electron chi connectivity index (χ2n) is 9.22. The first-order valence-electron chi connectivity index (χ1n) is 11.5. The molecule has 10 nitrogen and oxygen atoms in total. The predicted octanol–water partition coefficient (Wildman–Crippen LogP) is 2.74. The normalized spacial score (nSPS) is 20.2. The van der Waals surface area contributed by atoms with Crippen LogP contribution >= 0.6 is 0 Å². The minimum absolute atomic E-state index is 0.0757. The molecule has 3 aromatic heterocycles. The Bertz CT molecular complexity index is 1460. The molecule has 2 amide bonds. The number of halogens is 1. The van der Waals surface area contributed by atoms with E-state index in [0.717, 1.165) is 5.56 Å². The maximum Gasteiger partial charge on any atom is 0.417 e. The monoisotopic (exact) mass is 480 g/mol. The number of aromatic nitrogens is 4. The van der Waals surface area contributed by atoms with Gasteiger partial charge in [0.1, 0.15) is 17.1 Å². The Morgan fingerprint density at radius 3 is 2.80 bits per heavy atom. The van der Waals surface area contributed by atoms with Crippen LogP contribution in [-0.4, -0.2) is 43.6 Å². The zero-order chi connectivity index (χ0) is 24.6. The first-order chi connectivity index (χ1) is 16.8. The van der Waals surface area contributed by atoms with Crippen molar-refractivity contribution in [3.8, 4) is 0 Å². The number of H-pyrrole nitrogens is 1. The van der Waals surface area contributed by atoms with Gasteiger partial charge < -0.3 is 15.1 Å². The van der Waals surface area contributed by atoms with E-state index in [2.05, 4.69) is 25.7 Å². The molecule has 1 aromatic carbocycles. The van der Waals surface area contributed by atoms with Crippen LogP contribution in [-0.2, 0) is 6.54 Å². The highest BCUT2D eigenvalue weighted by Gasteiger charge is 2.30. The summed E-state index contributed by atoms with van der Waals surface area (Å²) >= 11 is 0. The Kier molecular flexibility index (Phi) is 5.83. The number of carbonyl (C=O) groups is 2. The molecule has 4 aromatic rings. The van der Waals surface area contributed by atoms with Gasteiger partial charge in [0.15, 0.2) is 11.2 Å². The maximum absolute atomic E-state index is 14.0. The molecule has 0 atom stereocenters. The third kappa shape index (κ3) is 4.93. The fourth-order valence-corrected chi connectivity index (χ4v) is 4.38. The summed E-state index contributed by atoms with van der Waals surface area (Å²) in [5, 5.41) is 9.83. The number of hydrogen-bond acceptors (Lipinski definition) is 6. The molecule has 1 aliphatic rings. The molecule has 0 bridgehead atoms. The molecular weight excluding hydrogens is 455 g/mol. The van der Waals surface area contributed by atoms with Crippen LogP contribution < -0.4 is 16.4 Å². The van der Waals surface area contributed by atoms with E-state index in [-0.39, 0.29) is 29.8 Å². The lowest BCUT2D eigenvalue weighted by Gasteiger charge is -2.31. The van der Waals surface area contributed by atoms with E-state index < -0.39 is 17.3 Å². The van der Waals surface area contributed by atoms with Gasteiger partial charge in [0.2, 0.25) is 0 Å². The van der Waals surface area contributed by atoms with Crippen molar-refractivity contribution in [3.63, 3.8) is 0 Å². The second-order valence-corrected chi connectivity index (χ2v) is 9.22. The van der Waals surface area contributed by atoms with Gasteiger partial charge in [-0.2, -0.15) is 5.10 Å². The zero-order valence-corrected chi connectivity index (χ0v) is 19.1. The topological polar surface area (TPSA) is 134 Å². The van der Waals surface area contributed by atoms with Gasteiger partial charge in [0.25, 0.3) is 11.8 Å². The minimum Gasteiger partial charge on any atom is -0.408 e. The van der Waals surface area contributed by atoms with Crippen molar-refractivity contribution in [2.75, 3.05) is 6.54 Å². The van der Waals surface area contributed by atoms with E-state index in [0.29, 0.717) is 49.0 Å². The fraction of sp³-hybridized carbons (Fsp3) is 0.375. The molecule has 35 heavy (non-hydrogen) atoms. The van der Waals surface area contributed by atoms with E-state index in [1.54, 1.807) is 31.2 Å². The van der Waals surface area contributed by atoms with Crippen LogP contribution in [0, 0.1) is 5.92 Å². The zero-order valence-electron chi connectivity index (χ0n) is 19.1. The quantitative estimate of drug-likeness (QED) is 0.389. The molecule has 3 heterocycles. The summed E-state index contributed by atoms with van der Waals surface area (Å²) in [5.41, 5.74) is 1.22. The Morgan fingerprint density at radius 2 is 2.00 bits per heavy atom. The smallest absolute Gasteiger partial charge is 0.408 e. The van der Waals surface area contributed by atoms with Crippen molar-refractivity contribution in [2.45, 2.75) is 44.8 Å². The molecule has 0 saturated heterocycles. The molecule has 11 heteroatoms. The summed E-state index contributed by atoms with van der Waals surface area (Å²) in [5.74, 6) is -1.17. The van der Waals surface area contributed by atoms with Crippen LogP contribution in [0.1, 0.15) is 59.1 Å². The van der Waals surface area contributed by atoms with Crippen LogP contribution in [0.3, 0.4) is 0 Å². The van der Waals surface area contributed by atoms with Crippen LogP contribution in [0.5, 0.6) is 0 Å². The average Bonchev–Trinajstić information content (AvgIpc) is 3.46. The summed E-state index contributed by atoms with van der Waals surface area (Å²) in [6.07, 6.45) is 3.91. The molecule has 3 N–H and O–H groups in total. The maximum atomic E-state index is 14.0. The van der Waals surface area contributed by atoms with Gasteiger partial charge in [-0.3, -0.25) is 14.6 Å². The highest BCUT2D eigenvalue weighted by atomic mass is 19.1. The van der Waals surface area contributed by atoms with Crippen LogP contribution in [0.4, 0.5) is 4.39 Å². The van der Waals surface area contributed by atoms with Gasteiger partial charge in [-0.1, -0.05) is 6.07 Å². The molecule has 1 saturated carbocycles. The summed E-state index contributed by atoms with van der Waals surface area (Å²) in [4.78, 5) is 44.0. The lowest BCUT2D eigenvalue weighted by Crippen LogP contribution is -2.35. The van der Waals surface area contributed by atoms with E-state index >= 15 is 0 Å². The number of amides is 2. The van der Waals surface area contributed by atoms with Gasteiger partial charge >= 0.3 is 5.76 Å². The third-order valence-electron chi connectivity index (χ3n) is 6.46. The lowest BCUT2D eigenvalue weighted by molar-refractivity contribution is 0.0887. The summed E-state index contributed by atoms with van der Waals surface area (Å²) < 4.78 is 20.4. The number of aromatic amines is 1. The van der Waals surface area contributed by atoms with Crippen molar-refractivity contribution in [3.05, 3.63) is 64.0 Å². The van der Waals surface area contributed by atoms with Crippen LogP contribution in [0.2, 0.25) is 0 Å². The van der Waals surface area contributed by atoms with Crippen LogP contribution in [0.25, 0.3) is 16.7 Å². The fourth-order valence-electron chi connectivity index (χ4n) is 4.38. The van der Waals surface area contributed by atoms with Gasteiger partial charge in [0.05, 0.1) is 11.7 Å². The highest BCUT2D eigenvalue weighted by Crippen LogP contribution is 2.34. The number of rotatable bonds is 6. The Balaban J connectivity index is 1.28. The molecule has 182 valence electrons. The number of hydrogen-bond donors (Lipinski definition) is 3. The van der Waals surface area contributed by atoms with Crippen molar-refractivity contribution < 1.29 is 18.4 Å². The summed E-state index contributed by atoms with van der Waals surface area (Å²) in [6, 6.07) is 8.11. The molecule has 0 unspecified atom stereocenters. The molecule has 0 spiro atoms. The first kappa shape index (κ1) is 22.8. The van der Waals surface area contributed by atoms with Crippen molar-refractivity contribution in [1.29, 1.82) is 0 Å². The van der Waals surface area contributed by atoms with Gasteiger partial charge in [0, 0.05) is 25.2 Å². The van der Waals surface area contributed by atoms with Gasteiger partial charge in [-0.25, -0.2) is 18.7 Å². The summed E-state index contributed by atoms with van der Waals surface area (Å²) in [7, 11) is 0. The minimum atomic E-state index is -1.13. The molecule has 1 aliphatic carbocycles. The average molecular weight is 481 g/mol. The molecule has 0 radical (unpaired) electrons. The largest absolute Gasteiger partial charge is 0.417 e. The van der Waals surface area contributed by atoms with E-state index in [9.17, 15) is 18.8 Å². The van der Waals surface area contributed by atoms with Crippen LogP contribution in [0.15, 0.2) is 45.7 Å². The Hall–Kier alpha value is -4.02. The first-order valence-corrected chi connectivity index (χ1v) is 11.5. The number of carbonyl (C=O) groups excluding carboxylic acids is 2. The Labute approximate surface area is 198 Å². The SMILES string of the molecule is CC1(F)CCC(CNC(=O)c2cc(C(=O)NCc3ccc4oc(=O)[nH]c4c3)nc3ccnn23)CC1. The number of benzene rings is 1. The highest BCUT2D eigenvalue weighted by molar-refractivity contribution is 5.98. The lowest BCUT2D eigenvalue weighted by atomic mass is 9.81. The molecule has 5 rings (SSSR count). The summed E-state index contributed by atoms with van der Waals surface area (Å²) in [6.45, 7) is 2.24. The van der Waals surface area contributed by atoms with Gasteiger partial charge in [-0.15, -0.1) is 0 Å². The van der Waals surface area contributed by atoms with Crippen molar-refractivity contribution in [2.24, 2.45) is 5.92 Å². The van der Waals surface area contributed by atoms with Crippen molar-refractivity contribution in [1.82, 2.24) is 30.2 Å². The number of nitrogens with one attached hydrogen (secondary N) is 3. The third-order valence-corrected chi connectivity index (χ3v) is 6.46. The van der Waals surface area contributed by atoms with Crippen molar-refractivity contribution >= 4 is 28.6 Å². The molecule has 1 fully saturated rings. The number of oxazole rings is 1. The molecular formula is C24H25FN6O4.